The molecule has 0 saturated carbocycles. The maximum atomic E-state index is 11.1. The molecule has 1 atom stereocenters. The fraction of sp³-hybridized carbons (Fsp3) is 0.533. The Morgan fingerprint density at radius 1 is 1.45 bits per heavy atom. The van der Waals surface area contributed by atoms with Gasteiger partial charge in [-0.15, -0.1) is 0 Å². The Bertz CT molecular complexity index is 433. The van der Waals surface area contributed by atoms with Crippen molar-refractivity contribution in [2.45, 2.75) is 19.4 Å². The summed E-state index contributed by atoms with van der Waals surface area (Å²) in [5, 5.41) is 3.29. The third-order valence-electron chi connectivity index (χ3n) is 3.58. The molecule has 0 bridgehead atoms. The minimum Gasteiger partial charge on any atom is -0.492 e. The number of rotatable bonds is 6. The van der Waals surface area contributed by atoms with E-state index in [1.807, 2.05) is 24.3 Å². The van der Waals surface area contributed by atoms with E-state index in [0.717, 1.165) is 31.9 Å². The lowest BCUT2D eigenvalue weighted by Crippen LogP contribution is -2.53. The van der Waals surface area contributed by atoms with E-state index < -0.39 is 0 Å². The smallest absolute Gasteiger partial charge is 0.219 e. The average Bonchev–Trinajstić information content (AvgIpc) is 2.42. The Hall–Kier alpha value is -1.59. The minimum absolute atomic E-state index is 0.183. The molecule has 5 nitrogen and oxygen atoms in total. The summed E-state index contributed by atoms with van der Waals surface area (Å²) < 4.78 is 5.74. The van der Waals surface area contributed by atoms with E-state index >= 15 is 0 Å². The largest absolute Gasteiger partial charge is 0.492 e. The van der Waals surface area contributed by atoms with Gasteiger partial charge in [0.2, 0.25) is 5.91 Å². The van der Waals surface area contributed by atoms with Crippen molar-refractivity contribution in [1.82, 2.24) is 10.2 Å². The number of hydrogen-bond donors (Lipinski definition) is 2. The molecule has 20 heavy (non-hydrogen) atoms. The molecule has 1 aromatic carbocycles. The summed E-state index contributed by atoms with van der Waals surface area (Å²) in [5.74, 6) is 0.639. The summed E-state index contributed by atoms with van der Waals surface area (Å²) in [6.45, 7) is 6.17. The zero-order valence-electron chi connectivity index (χ0n) is 12.0. The maximum Gasteiger partial charge on any atom is 0.219 e. The van der Waals surface area contributed by atoms with E-state index in [1.165, 1.54) is 5.56 Å². The van der Waals surface area contributed by atoms with Gasteiger partial charge in [0.05, 0.1) is 0 Å². The first-order chi connectivity index (χ1) is 9.65. The predicted molar refractivity (Wildman–Crippen MR) is 78.7 cm³/mol. The van der Waals surface area contributed by atoms with E-state index in [1.54, 1.807) is 0 Å². The molecule has 1 saturated heterocycles. The molecule has 0 radical (unpaired) electrons. The summed E-state index contributed by atoms with van der Waals surface area (Å²) >= 11 is 0. The third kappa shape index (κ3) is 4.51. The fourth-order valence-electron chi connectivity index (χ4n) is 2.45. The number of nitrogens with one attached hydrogen (secondary N) is 1. The van der Waals surface area contributed by atoms with Crippen molar-refractivity contribution in [3.63, 3.8) is 0 Å². The Morgan fingerprint density at radius 3 is 2.90 bits per heavy atom. The van der Waals surface area contributed by atoms with Crippen LogP contribution in [0.5, 0.6) is 5.75 Å². The average molecular weight is 277 g/mol. The van der Waals surface area contributed by atoms with Crippen molar-refractivity contribution in [3.8, 4) is 5.75 Å². The molecule has 1 aliphatic rings. The summed E-state index contributed by atoms with van der Waals surface area (Å²) in [4.78, 5) is 13.4. The monoisotopic (exact) mass is 277 g/mol. The van der Waals surface area contributed by atoms with Crippen LogP contribution < -0.4 is 15.8 Å². The van der Waals surface area contributed by atoms with Crippen molar-refractivity contribution in [2.75, 3.05) is 32.8 Å². The van der Waals surface area contributed by atoms with Crippen molar-refractivity contribution in [3.05, 3.63) is 29.8 Å². The Kier molecular flexibility index (Phi) is 5.38. The molecule has 1 aliphatic heterocycles. The van der Waals surface area contributed by atoms with Crippen LogP contribution in [0, 0.1) is 6.92 Å². The summed E-state index contributed by atoms with van der Waals surface area (Å²) in [6.07, 6.45) is 0.400. The highest BCUT2D eigenvalue weighted by molar-refractivity contribution is 5.74. The molecule has 110 valence electrons. The number of carbonyl (C=O) groups excluding carboxylic acids is 1. The number of nitrogens with zero attached hydrogens (tertiary/aromatic N) is 1. The maximum absolute atomic E-state index is 11.1. The number of nitrogens with two attached hydrogens (primary N) is 1. The van der Waals surface area contributed by atoms with Crippen LogP contribution >= 0.6 is 0 Å². The van der Waals surface area contributed by atoms with Gasteiger partial charge in [0.25, 0.3) is 0 Å². The van der Waals surface area contributed by atoms with Crippen molar-refractivity contribution in [1.29, 1.82) is 0 Å². The van der Waals surface area contributed by atoms with Gasteiger partial charge in [0.1, 0.15) is 12.4 Å². The van der Waals surface area contributed by atoms with Crippen LogP contribution in [0.25, 0.3) is 0 Å². The number of hydrogen-bond acceptors (Lipinski definition) is 4. The van der Waals surface area contributed by atoms with Crippen LogP contribution in [0.4, 0.5) is 0 Å². The lowest BCUT2D eigenvalue weighted by molar-refractivity contribution is -0.119. The molecule has 0 spiro atoms. The van der Waals surface area contributed by atoms with Gasteiger partial charge >= 0.3 is 0 Å². The first-order valence-corrected chi connectivity index (χ1v) is 7.07. The quantitative estimate of drug-likeness (QED) is 0.795. The molecule has 3 N–H and O–H groups in total. The molecule has 1 amide bonds. The minimum atomic E-state index is -0.247. The SMILES string of the molecule is Cc1ccc(OCCN2CCNCC2CC(N)=O)cc1. The van der Waals surface area contributed by atoms with Crippen molar-refractivity contribution < 1.29 is 9.53 Å². The number of piperazine rings is 1. The highest BCUT2D eigenvalue weighted by atomic mass is 16.5. The highest BCUT2D eigenvalue weighted by Gasteiger charge is 2.23. The second kappa shape index (κ2) is 7.26. The van der Waals surface area contributed by atoms with Crippen molar-refractivity contribution in [2.24, 2.45) is 5.73 Å². The summed E-state index contributed by atoms with van der Waals surface area (Å²) in [6, 6.07) is 8.22. The Balaban J connectivity index is 1.79. The number of benzene rings is 1. The Labute approximate surface area is 120 Å². The van der Waals surface area contributed by atoms with E-state index in [2.05, 4.69) is 17.1 Å². The van der Waals surface area contributed by atoms with E-state index in [4.69, 9.17) is 10.5 Å². The lowest BCUT2D eigenvalue weighted by Gasteiger charge is -2.35. The van der Waals surface area contributed by atoms with Crippen LogP contribution in [-0.4, -0.2) is 49.6 Å². The molecule has 0 aliphatic carbocycles. The molecule has 1 fully saturated rings. The molecule has 2 rings (SSSR count). The van der Waals surface area contributed by atoms with Crippen LogP contribution in [0.15, 0.2) is 24.3 Å². The molecule has 1 aromatic rings. The summed E-state index contributed by atoms with van der Waals surface area (Å²) in [5.41, 5.74) is 6.52. The normalized spacial score (nSPS) is 19.8. The number of ether oxygens (including phenoxy) is 1. The number of carbonyl (C=O) groups is 1. The van der Waals surface area contributed by atoms with Crippen LogP contribution in [0.1, 0.15) is 12.0 Å². The van der Waals surface area contributed by atoms with E-state index in [0.29, 0.717) is 13.0 Å². The van der Waals surface area contributed by atoms with Gasteiger partial charge < -0.3 is 15.8 Å². The number of primary amides is 1. The molecule has 5 heteroatoms. The van der Waals surface area contributed by atoms with Gasteiger partial charge in [-0.25, -0.2) is 0 Å². The van der Waals surface area contributed by atoms with Gasteiger partial charge in [-0.2, -0.15) is 0 Å². The van der Waals surface area contributed by atoms with Crippen LogP contribution in [0.3, 0.4) is 0 Å². The van der Waals surface area contributed by atoms with E-state index in [-0.39, 0.29) is 11.9 Å². The van der Waals surface area contributed by atoms with Gasteiger partial charge in [-0.3, -0.25) is 9.69 Å². The van der Waals surface area contributed by atoms with Crippen LogP contribution in [-0.2, 0) is 4.79 Å². The molecule has 0 aromatic heterocycles. The van der Waals surface area contributed by atoms with Gasteiger partial charge in [0, 0.05) is 38.6 Å². The van der Waals surface area contributed by atoms with Gasteiger partial charge in [0.15, 0.2) is 0 Å². The van der Waals surface area contributed by atoms with E-state index in [9.17, 15) is 4.79 Å². The topological polar surface area (TPSA) is 67.6 Å². The zero-order valence-corrected chi connectivity index (χ0v) is 12.0. The second-order valence-corrected chi connectivity index (χ2v) is 5.23. The second-order valence-electron chi connectivity index (χ2n) is 5.23. The standard InChI is InChI=1S/C15H23N3O2/c1-12-2-4-14(5-3-12)20-9-8-18-7-6-17-11-13(18)10-15(16)19/h2-5,13,17H,6-11H2,1H3,(H2,16,19). The number of amides is 1. The lowest BCUT2D eigenvalue weighted by atomic mass is 10.1. The first kappa shape index (κ1) is 14.8. The van der Waals surface area contributed by atoms with Gasteiger partial charge in [-0.05, 0) is 19.1 Å². The molecular formula is C15H23N3O2. The number of aryl methyl sites for hydroxylation is 1. The highest BCUT2D eigenvalue weighted by Crippen LogP contribution is 2.12. The van der Waals surface area contributed by atoms with Crippen LogP contribution in [0.2, 0.25) is 0 Å². The molecular weight excluding hydrogens is 254 g/mol. The Morgan fingerprint density at radius 2 is 2.20 bits per heavy atom. The first-order valence-electron chi connectivity index (χ1n) is 7.07. The predicted octanol–water partition coefficient (Wildman–Crippen LogP) is 0.523. The third-order valence-corrected chi connectivity index (χ3v) is 3.58. The van der Waals surface area contributed by atoms with Gasteiger partial charge in [-0.1, -0.05) is 17.7 Å². The fourth-order valence-corrected chi connectivity index (χ4v) is 2.45. The zero-order chi connectivity index (χ0) is 14.4. The summed E-state index contributed by atoms with van der Waals surface area (Å²) in [7, 11) is 0. The molecule has 1 unspecified atom stereocenters. The molecule has 1 heterocycles. The van der Waals surface area contributed by atoms with Crippen molar-refractivity contribution >= 4 is 5.91 Å².